The molecule has 0 radical (unpaired) electrons. The fraction of sp³-hybridized carbons (Fsp3) is 0.529. The molecule has 0 spiro atoms. The summed E-state index contributed by atoms with van der Waals surface area (Å²) in [5.74, 6) is 0. The third-order valence-corrected chi connectivity index (χ3v) is 12.1. The van der Waals surface area contributed by atoms with Crippen LogP contribution in [0.15, 0.2) is 40.9 Å². The minimum absolute atomic E-state index is 0.285. The molecular weight excluding hydrogens is 312 g/mol. The molecule has 0 aromatic heterocycles. The third kappa shape index (κ3) is 4.54. The Morgan fingerprint density at radius 1 is 1.09 bits per heavy atom. The summed E-state index contributed by atoms with van der Waals surface area (Å²) in [5, 5.41) is 1.11. The van der Waals surface area contributed by atoms with Crippen molar-refractivity contribution in [3.8, 4) is 0 Å². The highest BCUT2D eigenvalue weighted by molar-refractivity contribution is 7.92. The summed E-state index contributed by atoms with van der Waals surface area (Å²) in [6.07, 6.45) is 5.64. The molecule has 0 saturated heterocycles. The van der Waals surface area contributed by atoms with Crippen LogP contribution in [0.3, 0.4) is 0 Å². The molecule has 1 aromatic carbocycles. The van der Waals surface area contributed by atoms with Crippen molar-refractivity contribution >= 4 is 23.4 Å². The Morgan fingerprint density at radius 2 is 1.59 bits per heavy atom. The van der Waals surface area contributed by atoms with E-state index in [-0.39, 0.29) is 4.53 Å². The molecule has 1 N–H and O–H groups in total. The van der Waals surface area contributed by atoms with Crippen LogP contribution >= 0.6 is 0 Å². The lowest BCUT2D eigenvalue weighted by atomic mass is 10.4. The number of hydrogen-bond donors (Lipinski definition) is 1. The maximum Gasteiger partial charge on any atom is 0.286 e. The molecule has 1 aromatic rings. The zero-order chi connectivity index (χ0) is 16.6. The molecule has 0 aliphatic rings. The van der Waals surface area contributed by atoms with Gasteiger partial charge in [0.2, 0.25) is 0 Å². The lowest BCUT2D eigenvalue weighted by Crippen LogP contribution is -2.51. The molecule has 0 heterocycles. The van der Waals surface area contributed by atoms with Crippen molar-refractivity contribution < 1.29 is 13.0 Å². The molecule has 22 heavy (non-hydrogen) atoms. The number of unbranched alkanes of at least 4 members (excludes halogenated alkanes) is 2. The van der Waals surface area contributed by atoms with Gasteiger partial charge in [0, 0.05) is 0 Å². The van der Waals surface area contributed by atoms with Crippen LogP contribution in [0.1, 0.15) is 46.5 Å². The van der Waals surface area contributed by atoms with E-state index < -0.39 is 18.2 Å². The number of allylic oxidation sites excluding steroid dienone is 1. The van der Waals surface area contributed by atoms with Crippen LogP contribution in [-0.2, 0) is 10.1 Å². The van der Waals surface area contributed by atoms with Crippen molar-refractivity contribution in [3.63, 3.8) is 0 Å². The van der Waals surface area contributed by atoms with Gasteiger partial charge in [-0.25, -0.2) is 0 Å². The second kappa shape index (κ2) is 8.65. The summed E-state index contributed by atoms with van der Waals surface area (Å²) < 4.78 is 34.2. The maximum absolute atomic E-state index is 12.0. The first-order valence-electron chi connectivity index (χ1n) is 8.12. The summed E-state index contributed by atoms with van der Waals surface area (Å²) in [5.41, 5.74) is 0. The van der Waals surface area contributed by atoms with Crippen molar-refractivity contribution in [2.24, 2.45) is 0 Å². The molecule has 3 nitrogen and oxygen atoms in total. The molecule has 0 atom stereocenters. The average molecular weight is 341 g/mol. The van der Waals surface area contributed by atoms with Gasteiger partial charge in [-0.3, -0.25) is 4.55 Å². The zero-order valence-electron chi connectivity index (χ0n) is 13.9. The highest BCUT2D eigenvalue weighted by atomic mass is 32.2. The van der Waals surface area contributed by atoms with Crippen LogP contribution in [0.25, 0.3) is 0 Å². The normalized spacial score (nSPS) is 13.4. The van der Waals surface area contributed by atoms with Crippen molar-refractivity contribution in [1.29, 1.82) is 0 Å². The van der Waals surface area contributed by atoms with E-state index in [1.807, 2.05) is 30.3 Å². The van der Waals surface area contributed by atoms with Gasteiger partial charge in [-0.05, 0) is 19.0 Å². The van der Waals surface area contributed by atoms with Crippen molar-refractivity contribution in [3.05, 3.63) is 40.9 Å². The number of rotatable bonds is 9. The molecule has 0 aliphatic heterocycles. The van der Waals surface area contributed by atoms with E-state index in [0.29, 0.717) is 0 Å². The SMILES string of the molecule is C/C=C(/[Si](CCCC)(CCCC)c1ccccc1)S(=O)(=O)O. The number of hydrogen-bond acceptors (Lipinski definition) is 2. The second-order valence-corrected chi connectivity index (χ2v) is 11.8. The molecule has 124 valence electrons. The first-order chi connectivity index (χ1) is 10.4. The largest absolute Gasteiger partial charge is 0.286 e. The van der Waals surface area contributed by atoms with Gasteiger partial charge in [-0.2, -0.15) is 8.42 Å². The molecule has 0 saturated carbocycles. The Labute approximate surface area is 136 Å². The predicted octanol–water partition coefficient (Wildman–Crippen LogP) is 4.27. The topological polar surface area (TPSA) is 54.4 Å². The lowest BCUT2D eigenvalue weighted by Gasteiger charge is -2.33. The van der Waals surface area contributed by atoms with Gasteiger partial charge in [-0.15, -0.1) is 0 Å². The minimum Gasteiger partial charge on any atom is -0.282 e. The standard InChI is InChI=1S/C17H28O3SSi/c1-4-7-14-22(15-8-5-2,16-12-10-9-11-13-16)17(6-3)21(18,19)20/h6,9-13H,4-5,7-8,14-15H2,1-3H3,(H,18,19,20)/b17-6+. The summed E-state index contributed by atoms with van der Waals surface area (Å²) in [4.78, 5) is 0. The van der Waals surface area contributed by atoms with E-state index >= 15 is 0 Å². The van der Waals surface area contributed by atoms with E-state index in [1.165, 1.54) is 0 Å². The van der Waals surface area contributed by atoms with Gasteiger partial charge in [0.25, 0.3) is 10.1 Å². The van der Waals surface area contributed by atoms with E-state index in [2.05, 4.69) is 13.8 Å². The molecule has 0 bridgehead atoms. The van der Waals surface area contributed by atoms with Crippen LogP contribution in [-0.4, -0.2) is 21.0 Å². The van der Waals surface area contributed by atoms with E-state index in [0.717, 1.165) is 43.0 Å². The van der Waals surface area contributed by atoms with Crippen LogP contribution in [0.4, 0.5) is 0 Å². The minimum atomic E-state index is -4.16. The highest BCUT2D eigenvalue weighted by Gasteiger charge is 2.42. The molecule has 5 heteroatoms. The van der Waals surface area contributed by atoms with Gasteiger partial charge in [0.15, 0.2) is 0 Å². The molecule has 0 aliphatic carbocycles. The van der Waals surface area contributed by atoms with Crippen LogP contribution < -0.4 is 5.19 Å². The van der Waals surface area contributed by atoms with Crippen molar-refractivity contribution in [2.45, 2.75) is 58.5 Å². The number of benzene rings is 1. The van der Waals surface area contributed by atoms with E-state index in [9.17, 15) is 13.0 Å². The zero-order valence-corrected chi connectivity index (χ0v) is 15.7. The van der Waals surface area contributed by atoms with Gasteiger partial charge in [-0.1, -0.05) is 81.1 Å². The summed E-state index contributed by atoms with van der Waals surface area (Å²) >= 11 is 0. The monoisotopic (exact) mass is 340 g/mol. The quantitative estimate of drug-likeness (QED) is 0.539. The van der Waals surface area contributed by atoms with Gasteiger partial charge in [0.05, 0.1) is 4.53 Å². The first kappa shape index (κ1) is 19.1. The Hall–Kier alpha value is -0.913. The average Bonchev–Trinajstić information content (AvgIpc) is 2.49. The maximum atomic E-state index is 12.0. The lowest BCUT2D eigenvalue weighted by molar-refractivity contribution is 0.492. The van der Waals surface area contributed by atoms with Crippen LogP contribution in [0.5, 0.6) is 0 Å². The fourth-order valence-electron chi connectivity index (χ4n) is 3.19. The second-order valence-electron chi connectivity index (χ2n) is 5.78. The summed E-state index contributed by atoms with van der Waals surface area (Å²) in [6.45, 7) is 5.96. The Balaban J connectivity index is 3.50. The van der Waals surface area contributed by atoms with E-state index in [4.69, 9.17) is 0 Å². The van der Waals surface area contributed by atoms with Crippen LogP contribution in [0, 0.1) is 0 Å². The molecule has 0 amide bonds. The fourth-order valence-corrected chi connectivity index (χ4v) is 11.3. The molecule has 0 fully saturated rings. The summed E-state index contributed by atoms with van der Waals surface area (Å²) in [6, 6.07) is 11.7. The summed E-state index contributed by atoms with van der Waals surface area (Å²) in [7, 11) is -6.61. The molecule has 0 unspecified atom stereocenters. The van der Waals surface area contributed by atoms with E-state index in [1.54, 1.807) is 13.0 Å². The third-order valence-electron chi connectivity index (χ3n) is 4.25. The molecular formula is C17H28O3SSi. The Kier molecular flexibility index (Phi) is 7.52. The van der Waals surface area contributed by atoms with Crippen molar-refractivity contribution in [1.82, 2.24) is 0 Å². The predicted molar refractivity (Wildman–Crippen MR) is 96.6 cm³/mol. The van der Waals surface area contributed by atoms with Crippen molar-refractivity contribution in [2.75, 3.05) is 0 Å². The Bertz CT molecular complexity index is 571. The highest BCUT2D eigenvalue weighted by Crippen LogP contribution is 2.32. The van der Waals surface area contributed by atoms with Crippen LogP contribution in [0.2, 0.25) is 12.1 Å². The molecule has 1 rings (SSSR count). The van der Waals surface area contributed by atoms with Gasteiger partial charge in [0.1, 0.15) is 8.07 Å². The smallest absolute Gasteiger partial charge is 0.282 e. The van der Waals surface area contributed by atoms with Gasteiger partial charge < -0.3 is 0 Å². The first-order valence-corrected chi connectivity index (χ1v) is 12.0. The van der Waals surface area contributed by atoms with Gasteiger partial charge >= 0.3 is 0 Å². The Morgan fingerprint density at radius 3 is 1.95 bits per heavy atom.